The Kier molecular flexibility index (Phi) is 47.6. The number of phosphoric acid groups is 1. The van der Waals surface area contributed by atoms with Crippen molar-refractivity contribution < 1.29 is 52.2 Å². The number of esters is 3. The molecule has 0 rings (SSSR count). The summed E-state index contributed by atoms with van der Waals surface area (Å²) >= 11 is 0. The number of allylic oxidation sites excluding steroid dienone is 14. The fourth-order valence-electron chi connectivity index (χ4n) is 6.79. The van der Waals surface area contributed by atoms with E-state index in [2.05, 4.69) is 106 Å². The second kappa shape index (κ2) is 50.1. The number of aliphatic hydroxyl groups is 1. The van der Waals surface area contributed by atoms with Gasteiger partial charge in [0.05, 0.1) is 19.8 Å². The van der Waals surface area contributed by atoms with Crippen LogP contribution in [-0.2, 0) is 42.2 Å². The van der Waals surface area contributed by atoms with Crippen molar-refractivity contribution in [1.82, 2.24) is 0 Å². The van der Waals surface area contributed by atoms with E-state index in [4.69, 9.17) is 23.3 Å². The molecule has 0 amide bonds. The monoisotopic (exact) mass is 975 g/mol. The summed E-state index contributed by atoms with van der Waals surface area (Å²) in [5.41, 5.74) is 0. The van der Waals surface area contributed by atoms with E-state index >= 15 is 0 Å². The SMILES string of the molecule is CC/C=C\C/C=C\C/C=C\CCCCCC(=O)OCC(COP(=O)(O)OCC(CO)OC(=O)CCCCC/C=C\C/C=C\C/C=C\CC)OC(=O)CCCCCCC/C=C\CCCCCCCC. The Morgan fingerprint density at radius 2 is 0.765 bits per heavy atom. The zero-order valence-corrected chi connectivity index (χ0v) is 43.7. The topological polar surface area (TPSA) is 155 Å². The minimum Gasteiger partial charge on any atom is -0.462 e. The van der Waals surface area contributed by atoms with Crippen LogP contribution in [0.3, 0.4) is 0 Å². The van der Waals surface area contributed by atoms with Crippen LogP contribution in [0.15, 0.2) is 85.1 Å². The molecule has 0 fully saturated rings. The number of hydrogen-bond acceptors (Lipinski definition) is 10. The highest BCUT2D eigenvalue weighted by Gasteiger charge is 2.28. The van der Waals surface area contributed by atoms with Gasteiger partial charge in [-0.15, -0.1) is 0 Å². The second-order valence-electron chi connectivity index (χ2n) is 17.3. The molecule has 0 bridgehead atoms. The molecule has 0 saturated carbocycles. The predicted octanol–water partition coefficient (Wildman–Crippen LogP) is 15.1. The summed E-state index contributed by atoms with van der Waals surface area (Å²) in [7, 11) is -4.76. The molecule has 68 heavy (non-hydrogen) atoms. The Morgan fingerprint density at radius 1 is 0.426 bits per heavy atom. The van der Waals surface area contributed by atoms with Crippen LogP contribution in [0.25, 0.3) is 0 Å². The van der Waals surface area contributed by atoms with E-state index in [1.165, 1.54) is 38.5 Å². The molecule has 0 aliphatic rings. The van der Waals surface area contributed by atoms with Gasteiger partial charge in [-0.05, 0) is 109 Å². The van der Waals surface area contributed by atoms with Crippen LogP contribution < -0.4 is 0 Å². The molecule has 0 aromatic carbocycles. The molecule has 0 saturated heterocycles. The van der Waals surface area contributed by atoms with Crippen molar-refractivity contribution in [2.45, 2.75) is 226 Å². The minimum atomic E-state index is -4.76. The molecule has 0 aliphatic carbocycles. The van der Waals surface area contributed by atoms with Gasteiger partial charge in [-0.3, -0.25) is 23.4 Å². The Hall–Kier alpha value is -3.34. The fourth-order valence-corrected chi connectivity index (χ4v) is 7.57. The van der Waals surface area contributed by atoms with Crippen molar-refractivity contribution in [3.8, 4) is 0 Å². The van der Waals surface area contributed by atoms with Gasteiger partial charge in [0.1, 0.15) is 12.7 Å². The van der Waals surface area contributed by atoms with Crippen LogP contribution in [0.1, 0.15) is 213 Å². The largest absolute Gasteiger partial charge is 0.472 e. The third kappa shape index (κ3) is 47.7. The first-order valence-corrected chi connectivity index (χ1v) is 28.0. The van der Waals surface area contributed by atoms with Crippen molar-refractivity contribution in [3.05, 3.63) is 85.1 Å². The minimum absolute atomic E-state index is 0.136. The van der Waals surface area contributed by atoms with Crippen LogP contribution in [0.2, 0.25) is 0 Å². The highest BCUT2D eigenvalue weighted by atomic mass is 31.2. The number of unbranched alkanes of at least 4 members (excludes halogenated alkanes) is 17. The quantitative estimate of drug-likeness (QED) is 0.0197. The van der Waals surface area contributed by atoms with E-state index in [0.29, 0.717) is 19.3 Å². The summed E-state index contributed by atoms with van der Waals surface area (Å²) in [6, 6.07) is 0. The summed E-state index contributed by atoms with van der Waals surface area (Å²) in [5.74, 6) is -1.55. The maximum Gasteiger partial charge on any atom is 0.472 e. The van der Waals surface area contributed by atoms with Gasteiger partial charge in [0.2, 0.25) is 0 Å². The lowest BCUT2D eigenvalue weighted by Gasteiger charge is -2.21. The van der Waals surface area contributed by atoms with Gasteiger partial charge in [0, 0.05) is 19.3 Å². The first kappa shape index (κ1) is 64.7. The molecule has 0 aromatic rings. The third-order valence-corrected chi connectivity index (χ3v) is 11.7. The summed E-state index contributed by atoms with van der Waals surface area (Å²) in [4.78, 5) is 48.3. The summed E-state index contributed by atoms with van der Waals surface area (Å²) in [6.07, 6.45) is 55.6. The number of phosphoric ester groups is 1. The number of hydrogen-bond donors (Lipinski definition) is 2. The molecule has 0 aromatic heterocycles. The summed E-state index contributed by atoms with van der Waals surface area (Å²) in [6.45, 7) is 4.31. The molecule has 0 radical (unpaired) electrons. The van der Waals surface area contributed by atoms with E-state index in [1.807, 2.05) is 0 Å². The van der Waals surface area contributed by atoms with E-state index in [9.17, 15) is 28.9 Å². The standard InChI is InChI=1S/C56H95O11P/c1-4-7-10-13-16-19-22-25-26-29-32-35-38-41-44-47-56(60)67-53(49-63-54(58)45-42-39-36-33-30-27-23-20-17-14-11-8-5-2)51-65-68(61,62)64-50-52(48-57)66-55(59)46-43-40-37-34-31-28-24-21-18-15-12-9-6-3/h8-9,11-12,17-18,20-21,25-28,30-31,52-53,57H,4-7,10,13-16,19,22-24,29,32-51H2,1-3H3,(H,61,62)/b11-8-,12-9-,20-17-,21-18-,26-25-,30-27-,31-28-. The molecular formula is C56H95O11P. The predicted molar refractivity (Wildman–Crippen MR) is 279 cm³/mol. The molecular weight excluding hydrogens is 880 g/mol. The Balaban J connectivity index is 4.82. The lowest BCUT2D eigenvalue weighted by Crippen LogP contribution is -2.30. The summed E-state index contributed by atoms with van der Waals surface area (Å²) < 4.78 is 39.3. The molecule has 3 atom stereocenters. The lowest BCUT2D eigenvalue weighted by molar-refractivity contribution is -0.161. The molecule has 0 heterocycles. The lowest BCUT2D eigenvalue weighted by atomic mass is 10.1. The first-order valence-electron chi connectivity index (χ1n) is 26.5. The van der Waals surface area contributed by atoms with Gasteiger partial charge >= 0.3 is 25.7 Å². The number of rotatable bonds is 48. The first-order chi connectivity index (χ1) is 33.2. The van der Waals surface area contributed by atoms with Crippen molar-refractivity contribution >= 4 is 25.7 Å². The Bertz CT molecular complexity index is 1460. The maximum atomic E-state index is 12.8. The van der Waals surface area contributed by atoms with Crippen LogP contribution in [0, 0.1) is 0 Å². The normalized spacial score (nSPS) is 14.1. The molecule has 11 nitrogen and oxygen atoms in total. The van der Waals surface area contributed by atoms with Crippen LogP contribution in [-0.4, -0.2) is 66.5 Å². The number of aliphatic hydroxyl groups excluding tert-OH is 1. The van der Waals surface area contributed by atoms with Gasteiger partial charge in [0.25, 0.3) is 0 Å². The van der Waals surface area contributed by atoms with Crippen LogP contribution in [0.4, 0.5) is 0 Å². The number of carbonyl (C=O) groups excluding carboxylic acids is 3. The molecule has 390 valence electrons. The molecule has 0 spiro atoms. The van der Waals surface area contributed by atoms with Crippen molar-refractivity contribution in [1.29, 1.82) is 0 Å². The highest BCUT2D eigenvalue weighted by Crippen LogP contribution is 2.43. The molecule has 3 unspecified atom stereocenters. The Morgan fingerprint density at radius 3 is 1.21 bits per heavy atom. The fraction of sp³-hybridized carbons (Fsp3) is 0.696. The van der Waals surface area contributed by atoms with Gasteiger partial charge in [-0.2, -0.15) is 0 Å². The summed E-state index contributed by atoms with van der Waals surface area (Å²) in [5, 5.41) is 9.77. The number of ether oxygens (including phenoxy) is 3. The van der Waals surface area contributed by atoms with Crippen LogP contribution >= 0.6 is 7.82 Å². The maximum absolute atomic E-state index is 12.8. The third-order valence-electron chi connectivity index (χ3n) is 10.8. The average Bonchev–Trinajstić information content (AvgIpc) is 3.32. The smallest absolute Gasteiger partial charge is 0.462 e. The van der Waals surface area contributed by atoms with Crippen molar-refractivity contribution in [2.75, 3.05) is 26.4 Å². The van der Waals surface area contributed by atoms with Gasteiger partial charge in [0.15, 0.2) is 6.10 Å². The van der Waals surface area contributed by atoms with Crippen molar-refractivity contribution in [3.63, 3.8) is 0 Å². The molecule has 12 heteroatoms. The van der Waals surface area contributed by atoms with Gasteiger partial charge in [-0.25, -0.2) is 4.57 Å². The highest BCUT2D eigenvalue weighted by molar-refractivity contribution is 7.47. The second-order valence-corrected chi connectivity index (χ2v) is 18.7. The van der Waals surface area contributed by atoms with E-state index in [0.717, 1.165) is 116 Å². The molecule has 2 N–H and O–H groups in total. The average molecular weight is 975 g/mol. The zero-order valence-electron chi connectivity index (χ0n) is 42.8. The Labute approximate surface area is 413 Å². The van der Waals surface area contributed by atoms with E-state index < -0.39 is 57.8 Å². The van der Waals surface area contributed by atoms with E-state index in [-0.39, 0.29) is 25.9 Å². The van der Waals surface area contributed by atoms with E-state index in [1.54, 1.807) is 0 Å². The van der Waals surface area contributed by atoms with Crippen LogP contribution in [0.5, 0.6) is 0 Å². The van der Waals surface area contributed by atoms with Gasteiger partial charge in [-0.1, -0.05) is 170 Å². The zero-order chi connectivity index (χ0) is 49.9. The van der Waals surface area contributed by atoms with Gasteiger partial charge < -0.3 is 24.2 Å². The van der Waals surface area contributed by atoms with Crippen molar-refractivity contribution in [2.24, 2.45) is 0 Å². The number of carbonyl (C=O) groups is 3. The molecule has 0 aliphatic heterocycles.